The maximum atomic E-state index is 10.4. The van der Waals surface area contributed by atoms with Gasteiger partial charge in [-0.05, 0) is 0 Å². The van der Waals surface area contributed by atoms with E-state index in [1.54, 1.807) is 0 Å². The largest absolute Gasteiger partial charge is 0.394 e. The summed E-state index contributed by atoms with van der Waals surface area (Å²) in [6, 6.07) is 0. The molecule has 0 saturated carbocycles. The summed E-state index contributed by atoms with van der Waals surface area (Å²) >= 11 is 0. The van der Waals surface area contributed by atoms with E-state index >= 15 is 0 Å². The molecule has 61 valence electrons. The standard InChI is InChI=1S/C5H11O5/c6-1-3-9-5(8)10-4-2-7/h5-7H,1-4H2. The molecular formula is C5H11O5. The maximum absolute atomic E-state index is 10.4. The van der Waals surface area contributed by atoms with Crippen molar-refractivity contribution in [1.82, 2.24) is 0 Å². The van der Waals surface area contributed by atoms with Gasteiger partial charge in [-0.3, -0.25) is 0 Å². The van der Waals surface area contributed by atoms with E-state index in [2.05, 4.69) is 9.47 Å². The summed E-state index contributed by atoms with van der Waals surface area (Å²) in [5, 5.41) is 26.7. The van der Waals surface area contributed by atoms with Gasteiger partial charge in [0.05, 0.1) is 26.4 Å². The Balaban J connectivity index is 3.00. The fourth-order valence-corrected chi connectivity index (χ4v) is 0.346. The molecule has 10 heavy (non-hydrogen) atoms. The number of rotatable bonds is 6. The lowest BCUT2D eigenvalue weighted by molar-refractivity contribution is -0.295. The molecule has 5 heteroatoms. The van der Waals surface area contributed by atoms with E-state index < -0.39 is 6.48 Å². The van der Waals surface area contributed by atoms with Gasteiger partial charge in [-0.15, -0.1) is 0 Å². The van der Waals surface area contributed by atoms with Crippen molar-refractivity contribution in [2.45, 2.75) is 6.48 Å². The third kappa shape index (κ3) is 5.93. The molecule has 0 saturated heterocycles. The van der Waals surface area contributed by atoms with Crippen LogP contribution in [0.1, 0.15) is 0 Å². The van der Waals surface area contributed by atoms with Crippen molar-refractivity contribution in [2.75, 3.05) is 26.4 Å². The predicted molar refractivity (Wildman–Crippen MR) is 30.6 cm³/mol. The van der Waals surface area contributed by atoms with Crippen LogP contribution in [0.3, 0.4) is 0 Å². The van der Waals surface area contributed by atoms with Gasteiger partial charge in [0.1, 0.15) is 0 Å². The first kappa shape index (κ1) is 9.80. The molecule has 0 atom stereocenters. The van der Waals surface area contributed by atoms with E-state index in [4.69, 9.17) is 10.2 Å². The number of aliphatic hydroxyl groups excluding tert-OH is 2. The zero-order valence-electron chi connectivity index (χ0n) is 5.52. The van der Waals surface area contributed by atoms with Crippen molar-refractivity contribution in [3.63, 3.8) is 0 Å². The topological polar surface area (TPSA) is 78.8 Å². The van der Waals surface area contributed by atoms with Crippen molar-refractivity contribution in [1.29, 1.82) is 0 Å². The minimum absolute atomic E-state index is 0.0421. The van der Waals surface area contributed by atoms with Crippen LogP contribution < -0.4 is 0 Å². The zero-order valence-corrected chi connectivity index (χ0v) is 5.52. The summed E-state index contributed by atoms with van der Waals surface area (Å²) in [6.07, 6.45) is 0. The molecule has 0 heterocycles. The first-order valence-corrected chi connectivity index (χ1v) is 2.92. The summed E-state index contributed by atoms with van der Waals surface area (Å²) in [4.78, 5) is 0. The first-order valence-electron chi connectivity index (χ1n) is 2.92. The Morgan fingerprint density at radius 3 is 1.80 bits per heavy atom. The van der Waals surface area contributed by atoms with Crippen LogP contribution in [0.4, 0.5) is 0 Å². The molecule has 1 radical (unpaired) electrons. The monoisotopic (exact) mass is 151 g/mol. The Morgan fingerprint density at radius 1 is 1.10 bits per heavy atom. The highest BCUT2D eigenvalue weighted by Crippen LogP contribution is 1.88. The van der Waals surface area contributed by atoms with E-state index in [1.807, 2.05) is 0 Å². The number of ether oxygens (including phenoxy) is 2. The summed E-state index contributed by atoms with van der Waals surface area (Å²) in [7, 11) is 0. The Bertz CT molecular complexity index is 59.1. The Hall–Kier alpha value is -0.200. The van der Waals surface area contributed by atoms with Gasteiger partial charge in [0, 0.05) is 0 Å². The van der Waals surface area contributed by atoms with Gasteiger partial charge < -0.3 is 19.7 Å². The van der Waals surface area contributed by atoms with Crippen molar-refractivity contribution >= 4 is 0 Å². The average molecular weight is 151 g/mol. The molecule has 0 aromatic rings. The minimum Gasteiger partial charge on any atom is -0.394 e. The number of aliphatic hydroxyl groups is 2. The second-order valence-corrected chi connectivity index (χ2v) is 1.48. The van der Waals surface area contributed by atoms with Crippen LogP contribution in [0, 0.1) is 0 Å². The third-order valence-electron chi connectivity index (χ3n) is 0.690. The predicted octanol–water partition coefficient (Wildman–Crippen LogP) is -1.28. The minimum atomic E-state index is -1.60. The van der Waals surface area contributed by atoms with E-state index in [1.165, 1.54) is 0 Å². The lowest BCUT2D eigenvalue weighted by Gasteiger charge is -2.07. The summed E-state index contributed by atoms with van der Waals surface area (Å²) in [5.74, 6) is 0. The van der Waals surface area contributed by atoms with Crippen molar-refractivity contribution in [2.24, 2.45) is 0 Å². The van der Waals surface area contributed by atoms with Crippen LogP contribution in [-0.4, -0.2) is 43.1 Å². The second-order valence-electron chi connectivity index (χ2n) is 1.48. The molecule has 0 aromatic carbocycles. The lowest BCUT2D eigenvalue weighted by atomic mass is 10.8. The van der Waals surface area contributed by atoms with Gasteiger partial charge in [0.2, 0.25) is 0 Å². The zero-order chi connectivity index (χ0) is 7.82. The highest BCUT2D eigenvalue weighted by molar-refractivity contribution is 4.25. The van der Waals surface area contributed by atoms with E-state index in [0.29, 0.717) is 0 Å². The normalized spacial score (nSPS) is 10.8. The van der Waals surface area contributed by atoms with Crippen LogP contribution in [0.25, 0.3) is 0 Å². The average Bonchev–Trinajstić information content (AvgIpc) is 1.97. The smallest absolute Gasteiger partial charge is 0.301 e. The molecule has 0 aliphatic heterocycles. The van der Waals surface area contributed by atoms with Gasteiger partial charge in [0.15, 0.2) is 0 Å². The van der Waals surface area contributed by atoms with Crippen molar-refractivity contribution in [3.8, 4) is 0 Å². The van der Waals surface area contributed by atoms with Gasteiger partial charge in [-0.25, -0.2) is 0 Å². The highest BCUT2D eigenvalue weighted by Gasteiger charge is 2.03. The molecule has 0 aromatic heterocycles. The van der Waals surface area contributed by atoms with Crippen LogP contribution in [-0.2, 0) is 14.6 Å². The third-order valence-corrected chi connectivity index (χ3v) is 0.690. The molecule has 0 bridgehead atoms. The van der Waals surface area contributed by atoms with E-state index in [9.17, 15) is 5.11 Å². The molecule has 0 rings (SSSR count). The molecule has 0 amide bonds. The van der Waals surface area contributed by atoms with Gasteiger partial charge >= 0.3 is 6.48 Å². The fraction of sp³-hybridized carbons (Fsp3) is 1.00. The van der Waals surface area contributed by atoms with Crippen LogP contribution in [0.15, 0.2) is 0 Å². The number of hydrogen-bond donors (Lipinski definition) is 2. The molecule has 0 spiro atoms. The van der Waals surface area contributed by atoms with Gasteiger partial charge in [0.25, 0.3) is 0 Å². The SMILES string of the molecule is [O]C(OCCO)OCCO. The summed E-state index contributed by atoms with van der Waals surface area (Å²) < 4.78 is 8.71. The first-order chi connectivity index (χ1) is 4.81. The maximum Gasteiger partial charge on any atom is 0.301 e. The van der Waals surface area contributed by atoms with Crippen molar-refractivity contribution in [3.05, 3.63) is 0 Å². The Labute approximate surface area is 58.8 Å². The van der Waals surface area contributed by atoms with Crippen LogP contribution in [0.5, 0.6) is 0 Å². The van der Waals surface area contributed by atoms with Crippen molar-refractivity contribution < 1.29 is 24.8 Å². The Morgan fingerprint density at radius 2 is 1.50 bits per heavy atom. The number of hydrogen-bond acceptors (Lipinski definition) is 4. The Kier molecular flexibility index (Phi) is 6.78. The van der Waals surface area contributed by atoms with Gasteiger partial charge in [-0.1, -0.05) is 0 Å². The van der Waals surface area contributed by atoms with Crippen LogP contribution >= 0.6 is 0 Å². The molecule has 2 N–H and O–H groups in total. The molecule has 5 nitrogen and oxygen atoms in total. The van der Waals surface area contributed by atoms with Crippen LogP contribution in [0.2, 0.25) is 0 Å². The molecule has 0 unspecified atom stereocenters. The quantitative estimate of drug-likeness (QED) is 0.463. The summed E-state index contributed by atoms with van der Waals surface area (Å²) in [5.41, 5.74) is 0. The lowest BCUT2D eigenvalue weighted by Crippen LogP contribution is -2.18. The fourth-order valence-electron chi connectivity index (χ4n) is 0.346. The molecular weight excluding hydrogens is 140 g/mol. The van der Waals surface area contributed by atoms with E-state index in [0.717, 1.165) is 0 Å². The molecule has 0 aliphatic rings. The van der Waals surface area contributed by atoms with Gasteiger partial charge in [-0.2, -0.15) is 5.11 Å². The molecule has 0 fully saturated rings. The summed E-state index contributed by atoms with van der Waals surface area (Å²) in [6.45, 7) is -2.10. The highest BCUT2D eigenvalue weighted by atomic mass is 16.8. The van der Waals surface area contributed by atoms with E-state index in [-0.39, 0.29) is 26.4 Å². The molecule has 0 aliphatic carbocycles. The second kappa shape index (κ2) is 6.91.